The summed E-state index contributed by atoms with van der Waals surface area (Å²) in [7, 11) is 0. The van der Waals surface area contributed by atoms with Crippen LogP contribution >= 0.6 is 11.3 Å². The first-order chi connectivity index (χ1) is 5.75. The number of rotatable bonds is 4. The monoisotopic (exact) mass is 190 g/mol. The fourth-order valence-corrected chi connectivity index (χ4v) is 1.39. The predicted octanol–water partition coefficient (Wildman–Crippen LogP) is 1.22. The van der Waals surface area contributed by atoms with Crippen LogP contribution in [0.4, 0.5) is 9.39 Å². The molecule has 12 heavy (non-hydrogen) atoms. The number of hydrogen-bond donors (Lipinski definition) is 2. The van der Waals surface area contributed by atoms with Crippen molar-refractivity contribution in [2.75, 3.05) is 18.5 Å². The topological polar surface area (TPSA) is 62.2 Å². The zero-order valence-corrected chi connectivity index (χ0v) is 6.90. The maximum atomic E-state index is 11.7. The van der Waals surface area contributed by atoms with Crippen LogP contribution in [0.5, 0.6) is 0 Å². The third-order valence-corrected chi connectivity index (χ3v) is 1.93. The van der Waals surface area contributed by atoms with Gasteiger partial charge in [-0.2, -0.15) is 0 Å². The van der Waals surface area contributed by atoms with Gasteiger partial charge in [0.25, 0.3) is 0 Å². The zero-order valence-electron chi connectivity index (χ0n) is 6.08. The van der Waals surface area contributed by atoms with Crippen LogP contribution in [0.2, 0.25) is 0 Å². The molecule has 0 spiro atoms. The standard InChI is InChI=1S/C6H7FN2O2S/c7-1-2-8-5-4(6(10)11)9-3-12-5/h3,8H,1-2H2,(H,10,11). The normalized spacial score (nSPS) is 9.75. The fraction of sp³-hybridized carbons (Fsp3) is 0.333. The lowest BCUT2D eigenvalue weighted by Crippen LogP contribution is -2.06. The molecule has 1 aromatic heterocycles. The number of aromatic carboxylic acids is 1. The smallest absolute Gasteiger partial charge is 0.357 e. The highest BCUT2D eigenvalue weighted by atomic mass is 32.1. The average molecular weight is 190 g/mol. The lowest BCUT2D eigenvalue weighted by molar-refractivity contribution is 0.0692. The van der Waals surface area contributed by atoms with E-state index in [-0.39, 0.29) is 12.2 Å². The van der Waals surface area contributed by atoms with E-state index in [0.29, 0.717) is 5.00 Å². The first-order valence-corrected chi connectivity index (χ1v) is 4.10. The van der Waals surface area contributed by atoms with Crippen LogP contribution in [0.1, 0.15) is 10.5 Å². The molecule has 1 aromatic rings. The minimum absolute atomic E-state index is 0.0477. The summed E-state index contributed by atoms with van der Waals surface area (Å²) < 4.78 is 11.7. The Morgan fingerprint density at radius 3 is 3.17 bits per heavy atom. The first-order valence-electron chi connectivity index (χ1n) is 3.22. The van der Waals surface area contributed by atoms with E-state index < -0.39 is 12.6 Å². The third-order valence-electron chi connectivity index (χ3n) is 1.15. The Labute approximate surface area is 72.1 Å². The molecule has 0 aromatic carbocycles. The SMILES string of the molecule is O=C(O)c1ncsc1NCCF. The Hall–Kier alpha value is -1.17. The van der Waals surface area contributed by atoms with Crippen LogP contribution in [-0.2, 0) is 0 Å². The number of halogens is 1. The van der Waals surface area contributed by atoms with E-state index in [2.05, 4.69) is 10.3 Å². The van der Waals surface area contributed by atoms with Crippen molar-refractivity contribution in [1.29, 1.82) is 0 Å². The summed E-state index contributed by atoms with van der Waals surface area (Å²) in [5.74, 6) is -1.10. The molecule has 0 bridgehead atoms. The summed E-state index contributed by atoms with van der Waals surface area (Å²) in [4.78, 5) is 14.1. The zero-order chi connectivity index (χ0) is 8.97. The highest BCUT2D eigenvalue weighted by Crippen LogP contribution is 2.19. The number of aromatic nitrogens is 1. The van der Waals surface area contributed by atoms with Gasteiger partial charge in [-0.15, -0.1) is 11.3 Å². The summed E-state index contributed by atoms with van der Waals surface area (Å²) >= 11 is 1.15. The van der Waals surface area contributed by atoms with E-state index in [1.807, 2.05) is 0 Å². The van der Waals surface area contributed by atoms with Crippen LogP contribution in [-0.4, -0.2) is 29.3 Å². The van der Waals surface area contributed by atoms with Gasteiger partial charge in [0.1, 0.15) is 11.7 Å². The quantitative estimate of drug-likeness (QED) is 0.749. The molecule has 0 fully saturated rings. The van der Waals surface area contributed by atoms with Crippen LogP contribution in [0.25, 0.3) is 0 Å². The number of carboxylic acids is 1. The molecule has 0 saturated heterocycles. The van der Waals surface area contributed by atoms with Gasteiger partial charge in [-0.3, -0.25) is 0 Å². The third kappa shape index (κ3) is 1.91. The molecule has 0 atom stereocenters. The van der Waals surface area contributed by atoms with Crippen molar-refractivity contribution in [3.8, 4) is 0 Å². The number of anilines is 1. The summed E-state index contributed by atoms with van der Waals surface area (Å²) in [6, 6.07) is 0. The number of hydrogen-bond acceptors (Lipinski definition) is 4. The second kappa shape index (κ2) is 4.01. The van der Waals surface area contributed by atoms with Gasteiger partial charge >= 0.3 is 5.97 Å². The molecule has 0 unspecified atom stereocenters. The summed E-state index contributed by atoms with van der Waals surface area (Å²) in [6.07, 6.45) is 0. The van der Waals surface area contributed by atoms with E-state index in [0.717, 1.165) is 11.3 Å². The Kier molecular flexibility index (Phi) is 2.98. The van der Waals surface area contributed by atoms with E-state index in [1.54, 1.807) is 0 Å². The number of nitrogens with one attached hydrogen (secondary N) is 1. The molecular weight excluding hydrogens is 183 g/mol. The lowest BCUT2D eigenvalue weighted by atomic mass is 10.4. The van der Waals surface area contributed by atoms with Gasteiger partial charge in [-0.25, -0.2) is 14.2 Å². The molecule has 0 saturated carbocycles. The van der Waals surface area contributed by atoms with Gasteiger partial charge < -0.3 is 10.4 Å². The molecule has 66 valence electrons. The second-order valence-electron chi connectivity index (χ2n) is 1.95. The van der Waals surface area contributed by atoms with Crippen molar-refractivity contribution in [3.05, 3.63) is 11.2 Å². The molecule has 2 N–H and O–H groups in total. The Balaban J connectivity index is 2.70. The van der Waals surface area contributed by atoms with Crippen LogP contribution in [0.3, 0.4) is 0 Å². The number of alkyl halides is 1. The number of thiazole rings is 1. The van der Waals surface area contributed by atoms with E-state index >= 15 is 0 Å². The average Bonchev–Trinajstić information content (AvgIpc) is 2.48. The van der Waals surface area contributed by atoms with Crippen molar-refractivity contribution >= 4 is 22.3 Å². The molecule has 6 heteroatoms. The number of nitrogens with zero attached hydrogens (tertiary/aromatic N) is 1. The largest absolute Gasteiger partial charge is 0.476 e. The molecule has 0 aliphatic heterocycles. The van der Waals surface area contributed by atoms with Crippen molar-refractivity contribution < 1.29 is 14.3 Å². The highest BCUT2D eigenvalue weighted by molar-refractivity contribution is 7.14. The van der Waals surface area contributed by atoms with Crippen molar-refractivity contribution in [2.24, 2.45) is 0 Å². The van der Waals surface area contributed by atoms with Gasteiger partial charge in [-0.05, 0) is 0 Å². The van der Waals surface area contributed by atoms with Gasteiger partial charge in [0, 0.05) is 6.54 Å². The molecule has 0 aliphatic carbocycles. The molecule has 0 aliphatic rings. The first kappa shape index (κ1) is 8.92. The molecule has 1 heterocycles. The number of carbonyl (C=O) groups is 1. The van der Waals surface area contributed by atoms with Gasteiger partial charge in [0.05, 0.1) is 5.51 Å². The maximum Gasteiger partial charge on any atom is 0.357 e. The van der Waals surface area contributed by atoms with E-state index in [9.17, 15) is 9.18 Å². The Bertz CT molecular complexity index is 276. The van der Waals surface area contributed by atoms with Gasteiger partial charge in [-0.1, -0.05) is 0 Å². The van der Waals surface area contributed by atoms with Crippen LogP contribution in [0.15, 0.2) is 5.51 Å². The highest BCUT2D eigenvalue weighted by Gasteiger charge is 2.12. The maximum absolute atomic E-state index is 11.7. The van der Waals surface area contributed by atoms with Crippen molar-refractivity contribution in [3.63, 3.8) is 0 Å². The van der Waals surface area contributed by atoms with Gasteiger partial charge in [0.2, 0.25) is 0 Å². The minimum Gasteiger partial charge on any atom is -0.476 e. The molecule has 0 amide bonds. The van der Waals surface area contributed by atoms with Crippen molar-refractivity contribution in [1.82, 2.24) is 4.98 Å². The fourth-order valence-electron chi connectivity index (χ4n) is 0.685. The Morgan fingerprint density at radius 1 is 1.83 bits per heavy atom. The number of carboxylic acid groups (broad SMARTS) is 1. The summed E-state index contributed by atoms with van der Waals surface area (Å²) in [6.45, 7) is -0.417. The van der Waals surface area contributed by atoms with Crippen LogP contribution in [0, 0.1) is 0 Å². The predicted molar refractivity (Wildman–Crippen MR) is 43.5 cm³/mol. The molecule has 1 rings (SSSR count). The summed E-state index contributed by atoms with van der Waals surface area (Å²) in [5, 5.41) is 11.6. The van der Waals surface area contributed by atoms with E-state index in [1.165, 1.54) is 5.51 Å². The van der Waals surface area contributed by atoms with Crippen LogP contribution < -0.4 is 5.32 Å². The molecular formula is C6H7FN2O2S. The Morgan fingerprint density at radius 2 is 2.58 bits per heavy atom. The molecule has 4 nitrogen and oxygen atoms in total. The summed E-state index contributed by atoms with van der Waals surface area (Å²) in [5.41, 5.74) is 1.36. The van der Waals surface area contributed by atoms with Gasteiger partial charge in [0.15, 0.2) is 5.69 Å². The molecule has 0 radical (unpaired) electrons. The lowest BCUT2D eigenvalue weighted by Gasteiger charge is -1.99. The van der Waals surface area contributed by atoms with Crippen molar-refractivity contribution in [2.45, 2.75) is 0 Å². The minimum atomic E-state index is -1.10. The second-order valence-corrected chi connectivity index (χ2v) is 2.81. The van der Waals surface area contributed by atoms with E-state index in [4.69, 9.17) is 5.11 Å².